The highest BCUT2D eigenvalue weighted by Crippen LogP contribution is 2.11. The number of nitrogen functional groups attached to an aromatic ring is 1. The van der Waals surface area contributed by atoms with E-state index < -0.39 is 0 Å². The Morgan fingerprint density at radius 3 is 3.08 bits per heavy atom. The maximum atomic E-state index is 11.4. The number of aryl methyl sites for hydroxylation is 1. The highest BCUT2D eigenvalue weighted by molar-refractivity contribution is 5.20. The number of nitrogens with two attached hydrogens (primary N) is 1. The predicted octanol–water partition coefficient (Wildman–Crippen LogP) is -0.467. The highest BCUT2D eigenvalue weighted by atomic mass is 16.6. The second kappa shape index (κ2) is 2.85. The molecule has 1 aromatic heterocycles. The Kier molecular flexibility index (Phi) is 1.81. The number of ether oxygens (including phenoxy) is 1. The fourth-order valence-electron chi connectivity index (χ4n) is 1.20. The minimum absolute atomic E-state index is 0.111. The molecular weight excluding hydrogens is 170 g/mol. The van der Waals surface area contributed by atoms with E-state index in [1.807, 2.05) is 0 Å². The van der Waals surface area contributed by atoms with Crippen molar-refractivity contribution in [3.63, 3.8) is 0 Å². The van der Waals surface area contributed by atoms with Crippen LogP contribution >= 0.6 is 0 Å². The maximum absolute atomic E-state index is 11.4. The van der Waals surface area contributed by atoms with Gasteiger partial charge in [-0.1, -0.05) is 0 Å². The molecule has 0 aromatic carbocycles. The van der Waals surface area contributed by atoms with Crippen LogP contribution < -0.4 is 11.3 Å². The van der Waals surface area contributed by atoms with Gasteiger partial charge in [0.15, 0.2) is 0 Å². The van der Waals surface area contributed by atoms with E-state index in [4.69, 9.17) is 10.5 Å². The Morgan fingerprint density at radius 1 is 1.85 bits per heavy atom. The number of hydrogen-bond acceptors (Lipinski definition) is 4. The zero-order valence-corrected chi connectivity index (χ0v) is 7.36. The first-order valence-corrected chi connectivity index (χ1v) is 4.12. The van der Waals surface area contributed by atoms with Gasteiger partial charge < -0.3 is 10.5 Å². The topological polar surface area (TPSA) is 73.4 Å². The van der Waals surface area contributed by atoms with Crippen molar-refractivity contribution in [3.05, 3.63) is 22.1 Å². The van der Waals surface area contributed by atoms with Crippen LogP contribution in [-0.4, -0.2) is 22.3 Å². The number of epoxide rings is 1. The summed E-state index contributed by atoms with van der Waals surface area (Å²) in [5, 5.41) is 0. The van der Waals surface area contributed by atoms with Gasteiger partial charge in [0.05, 0.1) is 19.3 Å². The van der Waals surface area contributed by atoms with Crippen LogP contribution in [0.25, 0.3) is 0 Å². The smallest absolute Gasteiger partial charge is 0.255 e. The van der Waals surface area contributed by atoms with Crippen molar-refractivity contribution < 1.29 is 4.74 Å². The summed E-state index contributed by atoms with van der Waals surface area (Å²) in [7, 11) is 0. The zero-order chi connectivity index (χ0) is 9.42. The van der Waals surface area contributed by atoms with Crippen molar-refractivity contribution in [2.75, 3.05) is 12.3 Å². The van der Waals surface area contributed by atoms with E-state index in [0.29, 0.717) is 18.8 Å². The normalized spacial score (nSPS) is 20.2. The van der Waals surface area contributed by atoms with Crippen LogP contribution in [0.2, 0.25) is 0 Å². The van der Waals surface area contributed by atoms with Crippen LogP contribution in [-0.2, 0) is 11.3 Å². The van der Waals surface area contributed by atoms with Crippen molar-refractivity contribution in [1.82, 2.24) is 9.55 Å². The van der Waals surface area contributed by atoms with Gasteiger partial charge in [0.25, 0.3) is 5.56 Å². The van der Waals surface area contributed by atoms with E-state index in [0.717, 1.165) is 0 Å². The monoisotopic (exact) mass is 181 g/mol. The first kappa shape index (κ1) is 8.25. The van der Waals surface area contributed by atoms with E-state index in [9.17, 15) is 4.79 Å². The molecule has 1 aromatic rings. The summed E-state index contributed by atoms with van der Waals surface area (Å²) < 4.78 is 6.44. The first-order valence-electron chi connectivity index (χ1n) is 4.12. The lowest BCUT2D eigenvalue weighted by atomic mass is 10.4. The number of rotatable bonds is 2. The van der Waals surface area contributed by atoms with E-state index in [2.05, 4.69) is 4.98 Å². The summed E-state index contributed by atoms with van der Waals surface area (Å²) in [4.78, 5) is 15.4. The van der Waals surface area contributed by atoms with Gasteiger partial charge in [0.1, 0.15) is 0 Å². The average Bonchev–Trinajstić information content (AvgIpc) is 2.79. The van der Waals surface area contributed by atoms with Gasteiger partial charge in [-0.25, -0.2) is 4.98 Å². The fourth-order valence-corrected chi connectivity index (χ4v) is 1.20. The van der Waals surface area contributed by atoms with E-state index >= 15 is 0 Å². The molecule has 1 atom stereocenters. The molecule has 0 bridgehead atoms. The molecule has 2 heterocycles. The second-order valence-corrected chi connectivity index (χ2v) is 3.16. The van der Waals surface area contributed by atoms with Crippen molar-refractivity contribution in [2.45, 2.75) is 19.6 Å². The summed E-state index contributed by atoms with van der Waals surface area (Å²) in [5.74, 6) is 0.264. The zero-order valence-electron chi connectivity index (χ0n) is 7.36. The standard InChI is InChI=1S/C8H11N3O2/c1-5-2-7(12)11(8(9)10-5)3-6-4-13-6/h2,6H,3-4H2,1H3,(H2,9,10)/t6-/m0/s1. The minimum Gasteiger partial charge on any atom is -0.371 e. The van der Waals surface area contributed by atoms with Crippen molar-refractivity contribution in [3.8, 4) is 0 Å². The lowest BCUT2D eigenvalue weighted by Crippen LogP contribution is -2.26. The van der Waals surface area contributed by atoms with Crippen LogP contribution in [0.1, 0.15) is 5.69 Å². The van der Waals surface area contributed by atoms with Crippen molar-refractivity contribution in [2.24, 2.45) is 0 Å². The van der Waals surface area contributed by atoms with Gasteiger partial charge in [-0.05, 0) is 6.92 Å². The van der Waals surface area contributed by atoms with E-state index in [1.54, 1.807) is 6.92 Å². The average molecular weight is 181 g/mol. The minimum atomic E-state index is -0.111. The van der Waals surface area contributed by atoms with Gasteiger partial charge in [-0.3, -0.25) is 9.36 Å². The molecule has 1 aliphatic rings. The highest BCUT2D eigenvalue weighted by Gasteiger charge is 2.24. The number of anilines is 1. The van der Waals surface area contributed by atoms with Crippen LogP contribution in [0.15, 0.2) is 10.9 Å². The molecule has 1 fully saturated rings. The summed E-state index contributed by atoms with van der Waals surface area (Å²) >= 11 is 0. The summed E-state index contributed by atoms with van der Waals surface area (Å²) in [6, 6.07) is 1.47. The van der Waals surface area contributed by atoms with E-state index in [1.165, 1.54) is 10.6 Å². The van der Waals surface area contributed by atoms with Crippen LogP contribution in [0.3, 0.4) is 0 Å². The Bertz CT molecular complexity index is 381. The molecule has 13 heavy (non-hydrogen) atoms. The first-order chi connectivity index (χ1) is 6.16. The Hall–Kier alpha value is -1.36. The molecule has 0 saturated carbocycles. The molecule has 0 unspecified atom stereocenters. The lowest BCUT2D eigenvalue weighted by molar-refractivity contribution is 0.380. The molecule has 1 aliphatic heterocycles. The van der Waals surface area contributed by atoms with Crippen molar-refractivity contribution in [1.29, 1.82) is 0 Å². The van der Waals surface area contributed by atoms with Crippen LogP contribution in [0.4, 0.5) is 5.95 Å². The Morgan fingerprint density at radius 2 is 2.54 bits per heavy atom. The molecule has 0 radical (unpaired) electrons. The quantitative estimate of drug-likeness (QED) is 0.626. The molecule has 5 nitrogen and oxygen atoms in total. The SMILES string of the molecule is Cc1cc(=O)n(C[C@H]2CO2)c(N)n1. The van der Waals surface area contributed by atoms with Crippen molar-refractivity contribution >= 4 is 5.95 Å². The number of hydrogen-bond donors (Lipinski definition) is 1. The number of nitrogens with zero attached hydrogens (tertiary/aromatic N) is 2. The Labute approximate surface area is 75.1 Å². The fraction of sp³-hybridized carbons (Fsp3) is 0.500. The molecule has 1 saturated heterocycles. The third kappa shape index (κ3) is 1.70. The Balaban J connectivity index is 2.36. The second-order valence-electron chi connectivity index (χ2n) is 3.16. The molecule has 0 aliphatic carbocycles. The van der Waals surface area contributed by atoms with Gasteiger partial charge in [-0.15, -0.1) is 0 Å². The molecule has 0 spiro atoms. The lowest BCUT2D eigenvalue weighted by Gasteiger charge is -2.06. The molecular formula is C8H11N3O2. The maximum Gasteiger partial charge on any atom is 0.255 e. The van der Waals surface area contributed by atoms with Gasteiger partial charge >= 0.3 is 0 Å². The predicted molar refractivity (Wildman–Crippen MR) is 47.4 cm³/mol. The molecule has 2 rings (SSSR count). The molecule has 70 valence electrons. The summed E-state index contributed by atoms with van der Waals surface area (Å²) in [6.45, 7) is 2.97. The van der Waals surface area contributed by atoms with Gasteiger partial charge in [-0.2, -0.15) is 0 Å². The van der Waals surface area contributed by atoms with Crippen LogP contribution in [0, 0.1) is 6.92 Å². The van der Waals surface area contributed by atoms with Gasteiger partial charge in [0, 0.05) is 11.8 Å². The molecule has 0 amide bonds. The summed E-state index contributed by atoms with van der Waals surface area (Å²) in [5.41, 5.74) is 6.13. The van der Waals surface area contributed by atoms with Crippen LogP contribution in [0.5, 0.6) is 0 Å². The largest absolute Gasteiger partial charge is 0.371 e. The number of aromatic nitrogens is 2. The third-order valence-corrected chi connectivity index (χ3v) is 1.95. The molecule has 5 heteroatoms. The third-order valence-electron chi connectivity index (χ3n) is 1.95. The van der Waals surface area contributed by atoms with Gasteiger partial charge in [0.2, 0.25) is 5.95 Å². The van der Waals surface area contributed by atoms with E-state index in [-0.39, 0.29) is 17.6 Å². The molecule has 2 N–H and O–H groups in total. The summed E-state index contributed by atoms with van der Waals surface area (Å²) in [6.07, 6.45) is 0.143.